The third-order valence-corrected chi connectivity index (χ3v) is 12.9. The number of hydrogen-bond acceptors (Lipinski definition) is 3. The predicted molar refractivity (Wildman–Crippen MR) is 250 cm³/mol. The van der Waals surface area contributed by atoms with Crippen LogP contribution in [0.5, 0.6) is 0 Å². The van der Waals surface area contributed by atoms with Crippen LogP contribution in [-0.4, -0.2) is 23.9 Å². The zero-order valence-electron chi connectivity index (χ0n) is 32.1. The highest BCUT2D eigenvalue weighted by Crippen LogP contribution is 2.48. The van der Waals surface area contributed by atoms with Gasteiger partial charge in [-0.25, -0.2) is 4.98 Å². The minimum absolute atomic E-state index is 0.581. The van der Waals surface area contributed by atoms with Gasteiger partial charge in [0.05, 0.1) is 27.6 Å². The van der Waals surface area contributed by atoms with Gasteiger partial charge < -0.3 is 4.40 Å². The van der Waals surface area contributed by atoms with Crippen LogP contribution >= 0.6 is 0 Å². The van der Waals surface area contributed by atoms with E-state index in [0.717, 1.165) is 49.1 Å². The van der Waals surface area contributed by atoms with Crippen molar-refractivity contribution in [2.75, 3.05) is 0 Å². The molecule has 4 heterocycles. The lowest BCUT2D eigenvalue weighted by Crippen LogP contribution is -2.07. The van der Waals surface area contributed by atoms with Gasteiger partial charge >= 0.3 is 0 Å². The van der Waals surface area contributed by atoms with Gasteiger partial charge in [-0.2, -0.15) is 9.97 Å². The van der Waals surface area contributed by atoms with Crippen LogP contribution in [0.2, 0.25) is 0 Å². The Morgan fingerprint density at radius 3 is 1.68 bits per heavy atom. The van der Waals surface area contributed by atoms with Crippen LogP contribution in [-0.2, 0) is 0 Å². The van der Waals surface area contributed by atoms with Gasteiger partial charge in [0, 0.05) is 48.8 Å². The SMILES string of the molecule is c1ccc2c(-c3nc(-c4cc5ccccc5c5ccccc45)nc(-n4c5ccccc5c5c6ccccc6c6c(c7cccc8c9ccccc9n6c87)c54)n3)cccc2c1. The van der Waals surface area contributed by atoms with Gasteiger partial charge in [-0.1, -0.05) is 170 Å². The summed E-state index contributed by atoms with van der Waals surface area (Å²) < 4.78 is 4.83. The molecular formula is C55H31N5. The molecule has 276 valence electrons. The van der Waals surface area contributed by atoms with Crippen molar-refractivity contribution in [1.82, 2.24) is 23.9 Å². The van der Waals surface area contributed by atoms with Gasteiger partial charge in [0.1, 0.15) is 0 Å². The van der Waals surface area contributed by atoms with Crippen LogP contribution in [0.15, 0.2) is 188 Å². The molecule has 0 aliphatic carbocycles. The van der Waals surface area contributed by atoms with Gasteiger partial charge in [0.25, 0.3) is 0 Å². The lowest BCUT2D eigenvalue weighted by Gasteiger charge is -2.15. The zero-order valence-corrected chi connectivity index (χ0v) is 32.1. The molecule has 0 spiro atoms. The third kappa shape index (κ3) is 4.12. The fourth-order valence-electron chi connectivity index (χ4n) is 10.4. The van der Waals surface area contributed by atoms with E-state index in [0.29, 0.717) is 17.6 Å². The number of fused-ring (bicyclic) bond motifs is 17. The Labute approximate surface area is 342 Å². The van der Waals surface area contributed by atoms with E-state index in [1.54, 1.807) is 0 Å². The third-order valence-electron chi connectivity index (χ3n) is 12.9. The van der Waals surface area contributed by atoms with Crippen molar-refractivity contribution in [3.8, 4) is 28.7 Å². The lowest BCUT2D eigenvalue weighted by atomic mass is 9.97. The Hall–Kier alpha value is -8.15. The van der Waals surface area contributed by atoms with E-state index < -0.39 is 0 Å². The van der Waals surface area contributed by atoms with Crippen LogP contribution in [0.25, 0.3) is 132 Å². The molecule has 60 heavy (non-hydrogen) atoms. The molecule has 0 atom stereocenters. The van der Waals surface area contributed by atoms with Crippen molar-refractivity contribution < 1.29 is 0 Å². The maximum atomic E-state index is 5.58. The van der Waals surface area contributed by atoms with Crippen molar-refractivity contribution >= 4 is 103 Å². The first-order valence-corrected chi connectivity index (χ1v) is 20.5. The molecular weight excluding hydrogens is 731 g/mol. The van der Waals surface area contributed by atoms with Crippen LogP contribution in [0.1, 0.15) is 0 Å². The molecule has 0 amide bonds. The summed E-state index contributed by atoms with van der Waals surface area (Å²) in [6, 6.07) is 67.5. The fraction of sp³-hybridized carbons (Fsp3) is 0. The smallest absolute Gasteiger partial charge is 0.238 e. The van der Waals surface area contributed by atoms with E-state index in [2.05, 4.69) is 197 Å². The van der Waals surface area contributed by atoms with Gasteiger partial charge in [0.2, 0.25) is 5.95 Å². The van der Waals surface area contributed by atoms with Crippen LogP contribution in [0.4, 0.5) is 0 Å². The molecule has 0 aliphatic rings. The number of aromatic nitrogens is 5. The minimum atomic E-state index is 0.581. The van der Waals surface area contributed by atoms with Crippen molar-refractivity contribution in [3.05, 3.63) is 188 Å². The molecule has 0 saturated heterocycles. The summed E-state index contributed by atoms with van der Waals surface area (Å²) in [5.74, 6) is 1.84. The second kappa shape index (κ2) is 11.7. The van der Waals surface area contributed by atoms with Crippen LogP contribution in [0.3, 0.4) is 0 Å². The Morgan fingerprint density at radius 2 is 0.850 bits per heavy atom. The van der Waals surface area contributed by atoms with Crippen molar-refractivity contribution in [3.63, 3.8) is 0 Å². The first-order valence-electron chi connectivity index (χ1n) is 20.5. The number of hydrogen-bond donors (Lipinski definition) is 0. The summed E-state index contributed by atoms with van der Waals surface area (Å²) >= 11 is 0. The molecule has 0 radical (unpaired) electrons. The number of benzene rings is 10. The average molecular weight is 762 g/mol. The molecule has 14 aromatic rings. The second-order valence-electron chi connectivity index (χ2n) is 15.9. The maximum Gasteiger partial charge on any atom is 0.238 e. The Kier molecular flexibility index (Phi) is 6.23. The topological polar surface area (TPSA) is 48.0 Å². The summed E-state index contributed by atoms with van der Waals surface area (Å²) in [5, 5.41) is 16.5. The van der Waals surface area contributed by atoms with Gasteiger partial charge in [0.15, 0.2) is 11.6 Å². The number of para-hydroxylation sites is 3. The zero-order chi connectivity index (χ0) is 39.1. The quantitative estimate of drug-likeness (QED) is 0.168. The highest BCUT2D eigenvalue weighted by Gasteiger charge is 2.27. The van der Waals surface area contributed by atoms with Crippen LogP contribution < -0.4 is 0 Å². The van der Waals surface area contributed by atoms with E-state index in [4.69, 9.17) is 15.0 Å². The fourth-order valence-corrected chi connectivity index (χ4v) is 10.4. The first-order chi connectivity index (χ1) is 29.8. The lowest BCUT2D eigenvalue weighted by molar-refractivity contribution is 0.957. The summed E-state index contributed by atoms with van der Waals surface area (Å²) in [7, 11) is 0. The summed E-state index contributed by atoms with van der Waals surface area (Å²) in [6.45, 7) is 0. The summed E-state index contributed by atoms with van der Waals surface area (Å²) in [6.07, 6.45) is 0. The summed E-state index contributed by atoms with van der Waals surface area (Å²) in [5.41, 5.74) is 7.70. The van der Waals surface area contributed by atoms with E-state index in [-0.39, 0.29) is 0 Å². The Morgan fingerprint density at radius 1 is 0.300 bits per heavy atom. The van der Waals surface area contributed by atoms with Crippen LogP contribution in [0, 0.1) is 0 Å². The van der Waals surface area contributed by atoms with Gasteiger partial charge in [-0.3, -0.25) is 4.57 Å². The Balaban J connectivity index is 1.21. The molecule has 0 N–H and O–H groups in total. The van der Waals surface area contributed by atoms with E-state index in [9.17, 15) is 0 Å². The molecule has 5 heteroatoms. The largest absolute Gasteiger partial charge is 0.307 e. The standard InChI is InChI=1S/C55H31N5/c1-3-18-34-32(15-1)17-13-27-42(34)53-56-54(45-31-33-16-2-4-19-35(33)36-20-5-6-21-37(36)45)58-55(57-53)60-47-30-12-10-25-43(47)48-39-23-7-8-24-41(39)51-49(52(48)60)44-28-14-26-40-38-22-9-11-29-46(38)59(51)50(40)44/h1-31H. The number of rotatable bonds is 3. The average Bonchev–Trinajstić information content (AvgIpc) is 3.97. The highest BCUT2D eigenvalue weighted by molar-refractivity contribution is 6.39. The molecule has 10 aromatic carbocycles. The monoisotopic (exact) mass is 761 g/mol. The van der Waals surface area contributed by atoms with E-state index in [1.165, 1.54) is 65.0 Å². The van der Waals surface area contributed by atoms with Crippen molar-refractivity contribution in [2.45, 2.75) is 0 Å². The van der Waals surface area contributed by atoms with Gasteiger partial charge in [-0.15, -0.1) is 0 Å². The van der Waals surface area contributed by atoms with Crippen molar-refractivity contribution in [2.24, 2.45) is 0 Å². The van der Waals surface area contributed by atoms with Crippen molar-refractivity contribution in [1.29, 1.82) is 0 Å². The molecule has 5 nitrogen and oxygen atoms in total. The van der Waals surface area contributed by atoms with Gasteiger partial charge in [-0.05, 0) is 55.9 Å². The second-order valence-corrected chi connectivity index (χ2v) is 15.9. The molecule has 0 aliphatic heterocycles. The molecule has 4 aromatic heterocycles. The maximum absolute atomic E-state index is 5.58. The molecule has 0 unspecified atom stereocenters. The normalized spacial score (nSPS) is 12.3. The molecule has 0 fully saturated rings. The minimum Gasteiger partial charge on any atom is -0.307 e. The van der Waals surface area contributed by atoms with E-state index >= 15 is 0 Å². The highest BCUT2D eigenvalue weighted by atomic mass is 15.2. The predicted octanol–water partition coefficient (Wildman–Crippen LogP) is 14.1. The Bertz CT molecular complexity index is 4130. The molecule has 14 rings (SSSR count). The molecule has 0 saturated carbocycles. The molecule has 0 bridgehead atoms. The number of nitrogens with zero attached hydrogens (tertiary/aromatic N) is 5. The van der Waals surface area contributed by atoms with E-state index in [1.807, 2.05) is 0 Å². The summed E-state index contributed by atoms with van der Waals surface area (Å²) in [4.78, 5) is 16.5. The first kappa shape index (κ1) is 31.9.